The number of halogens is 1. The lowest BCUT2D eigenvalue weighted by atomic mass is 10.2. The summed E-state index contributed by atoms with van der Waals surface area (Å²) in [6.45, 7) is 2.47. The number of para-hydroxylation sites is 1. The van der Waals surface area contributed by atoms with Crippen molar-refractivity contribution in [2.75, 3.05) is 5.32 Å². The van der Waals surface area contributed by atoms with Crippen LogP contribution >= 0.6 is 11.6 Å². The van der Waals surface area contributed by atoms with Crippen LogP contribution in [0.4, 0.5) is 5.69 Å². The first-order valence-electron chi connectivity index (χ1n) is 6.55. The predicted octanol–water partition coefficient (Wildman–Crippen LogP) is 3.24. The zero-order valence-corrected chi connectivity index (χ0v) is 12.2. The van der Waals surface area contributed by atoms with Gasteiger partial charge in [-0.25, -0.2) is 14.6 Å². The molecule has 0 radical (unpaired) electrons. The van der Waals surface area contributed by atoms with Crippen molar-refractivity contribution in [1.82, 2.24) is 19.7 Å². The lowest BCUT2D eigenvalue weighted by Gasteiger charge is -2.13. The first kappa shape index (κ1) is 13.6. The standard InChI is InChI=1S/C15H14ClN5/c1-11-17-8-6-12(20-11)10-18-14-5-2-4-13(16)15(14)21-9-3-7-19-21/h2-9,18H,10H2,1H3. The third kappa shape index (κ3) is 3.03. The zero-order valence-electron chi connectivity index (χ0n) is 11.5. The fraction of sp³-hybridized carbons (Fsp3) is 0.133. The third-order valence-corrected chi connectivity index (χ3v) is 3.32. The molecule has 21 heavy (non-hydrogen) atoms. The number of rotatable bonds is 4. The summed E-state index contributed by atoms with van der Waals surface area (Å²) in [5, 5.41) is 8.24. The van der Waals surface area contributed by atoms with Crippen LogP contribution in [-0.4, -0.2) is 19.7 Å². The molecule has 0 amide bonds. The predicted molar refractivity (Wildman–Crippen MR) is 82.7 cm³/mol. The average Bonchev–Trinajstić information content (AvgIpc) is 2.99. The van der Waals surface area contributed by atoms with Crippen LogP contribution < -0.4 is 5.32 Å². The number of hydrogen-bond acceptors (Lipinski definition) is 4. The maximum Gasteiger partial charge on any atom is 0.125 e. The Morgan fingerprint density at radius 3 is 2.86 bits per heavy atom. The number of anilines is 1. The van der Waals surface area contributed by atoms with Crippen molar-refractivity contribution in [2.24, 2.45) is 0 Å². The number of hydrogen-bond donors (Lipinski definition) is 1. The lowest BCUT2D eigenvalue weighted by molar-refractivity contribution is 0.877. The second-order valence-electron chi connectivity index (χ2n) is 4.54. The van der Waals surface area contributed by atoms with Crippen LogP contribution in [-0.2, 0) is 6.54 Å². The van der Waals surface area contributed by atoms with Crippen LogP contribution in [0.5, 0.6) is 0 Å². The molecule has 0 aliphatic rings. The van der Waals surface area contributed by atoms with Crippen LogP contribution in [0.25, 0.3) is 5.69 Å². The molecule has 3 aromatic rings. The first-order valence-corrected chi connectivity index (χ1v) is 6.93. The van der Waals surface area contributed by atoms with E-state index < -0.39 is 0 Å². The number of aryl methyl sites for hydroxylation is 1. The molecule has 0 bridgehead atoms. The molecule has 6 heteroatoms. The van der Waals surface area contributed by atoms with Gasteiger partial charge >= 0.3 is 0 Å². The molecule has 0 atom stereocenters. The van der Waals surface area contributed by atoms with Crippen LogP contribution in [0.3, 0.4) is 0 Å². The number of nitrogens with one attached hydrogen (secondary N) is 1. The molecule has 0 fully saturated rings. The second kappa shape index (κ2) is 5.93. The minimum atomic E-state index is 0.595. The van der Waals surface area contributed by atoms with E-state index in [9.17, 15) is 0 Å². The van der Waals surface area contributed by atoms with Crippen molar-refractivity contribution < 1.29 is 0 Å². The number of nitrogens with zero attached hydrogens (tertiary/aromatic N) is 4. The molecule has 0 saturated carbocycles. The van der Waals surface area contributed by atoms with Crippen molar-refractivity contribution in [3.05, 3.63) is 65.5 Å². The molecular formula is C15H14ClN5. The summed E-state index contributed by atoms with van der Waals surface area (Å²) in [4.78, 5) is 8.47. The van der Waals surface area contributed by atoms with Crippen molar-refractivity contribution >= 4 is 17.3 Å². The van der Waals surface area contributed by atoms with Crippen LogP contribution in [0.1, 0.15) is 11.5 Å². The lowest BCUT2D eigenvalue weighted by Crippen LogP contribution is -2.07. The Morgan fingerprint density at radius 1 is 1.19 bits per heavy atom. The van der Waals surface area contributed by atoms with Gasteiger partial charge in [0.2, 0.25) is 0 Å². The van der Waals surface area contributed by atoms with Gasteiger partial charge in [-0.3, -0.25) is 0 Å². The van der Waals surface area contributed by atoms with Crippen LogP contribution in [0, 0.1) is 6.92 Å². The van der Waals surface area contributed by atoms with E-state index >= 15 is 0 Å². The average molecular weight is 300 g/mol. The summed E-state index contributed by atoms with van der Waals surface area (Å²) in [7, 11) is 0. The Morgan fingerprint density at radius 2 is 2.10 bits per heavy atom. The second-order valence-corrected chi connectivity index (χ2v) is 4.94. The monoisotopic (exact) mass is 299 g/mol. The summed E-state index contributed by atoms with van der Waals surface area (Å²) in [5.74, 6) is 0.757. The molecule has 0 aliphatic heterocycles. The largest absolute Gasteiger partial charge is 0.378 e. The molecule has 2 heterocycles. The topological polar surface area (TPSA) is 55.6 Å². The molecule has 1 N–H and O–H groups in total. The third-order valence-electron chi connectivity index (χ3n) is 3.01. The van der Waals surface area contributed by atoms with Gasteiger partial charge in [0.15, 0.2) is 0 Å². The Bertz CT molecular complexity index is 740. The summed E-state index contributed by atoms with van der Waals surface area (Å²) >= 11 is 6.30. The van der Waals surface area contributed by atoms with Gasteiger partial charge in [-0.2, -0.15) is 5.10 Å². The highest BCUT2D eigenvalue weighted by Gasteiger charge is 2.09. The first-order chi connectivity index (χ1) is 10.2. The van der Waals surface area contributed by atoms with Gasteiger partial charge in [-0.05, 0) is 31.2 Å². The van der Waals surface area contributed by atoms with E-state index in [0.29, 0.717) is 11.6 Å². The summed E-state index contributed by atoms with van der Waals surface area (Å²) < 4.78 is 1.75. The Hall–Kier alpha value is -2.40. The molecule has 1 aromatic carbocycles. The van der Waals surface area contributed by atoms with E-state index in [-0.39, 0.29) is 0 Å². The maximum atomic E-state index is 6.30. The molecule has 106 valence electrons. The Kier molecular flexibility index (Phi) is 3.83. The van der Waals surface area contributed by atoms with Gasteiger partial charge in [0.25, 0.3) is 0 Å². The van der Waals surface area contributed by atoms with Crippen LogP contribution in [0.15, 0.2) is 48.9 Å². The normalized spacial score (nSPS) is 10.6. The maximum absolute atomic E-state index is 6.30. The van der Waals surface area contributed by atoms with E-state index in [2.05, 4.69) is 20.4 Å². The molecule has 2 aromatic heterocycles. The molecular weight excluding hydrogens is 286 g/mol. The van der Waals surface area contributed by atoms with Gasteiger partial charge < -0.3 is 5.32 Å². The molecule has 5 nitrogen and oxygen atoms in total. The molecule has 0 saturated heterocycles. The molecule has 3 rings (SSSR count). The molecule has 0 aliphatic carbocycles. The van der Waals surface area contributed by atoms with Gasteiger partial charge in [0, 0.05) is 18.6 Å². The highest BCUT2D eigenvalue weighted by Crippen LogP contribution is 2.28. The summed E-state index contributed by atoms with van der Waals surface area (Å²) in [6.07, 6.45) is 5.34. The van der Waals surface area contributed by atoms with Gasteiger partial charge in [0.1, 0.15) is 11.5 Å². The summed E-state index contributed by atoms with van der Waals surface area (Å²) in [6, 6.07) is 9.47. The highest BCUT2D eigenvalue weighted by molar-refractivity contribution is 6.33. The zero-order chi connectivity index (χ0) is 14.7. The van der Waals surface area contributed by atoms with E-state index in [1.54, 1.807) is 17.1 Å². The Balaban J connectivity index is 1.88. The molecule has 0 unspecified atom stereocenters. The minimum absolute atomic E-state index is 0.595. The van der Waals surface area contributed by atoms with Crippen LogP contribution in [0.2, 0.25) is 5.02 Å². The summed E-state index contributed by atoms with van der Waals surface area (Å²) in [5.41, 5.74) is 2.66. The fourth-order valence-electron chi connectivity index (χ4n) is 2.08. The van der Waals surface area contributed by atoms with Crippen molar-refractivity contribution in [2.45, 2.75) is 13.5 Å². The van der Waals surface area contributed by atoms with E-state index in [1.165, 1.54) is 0 Å². The van der Waals surface area contributed by atoms with E-state index in [1.807, 2.05) is 43.5 Å². The Labute approximate surface area is 127 Å². The minimum Gasteiger partial charge on any atom is -0.378 e. The number of benzene rings is 1. The van der Waals surface area contributed by atoms with E-state index in [0.717, 1.165) is 22.9 Å². The quantitative estimate of drug-likeness (QED) is 0.803. The van der Waals surface area contributed by atoms with Gasteiger partial charge in [-0.15, -0.1) is 0 Å². The fourth-order valence-corrected chi connectivity index (χ4v) is 2.34. The van der Waals surface area contributed by atoms with Gasteiger partial charge in [-0.1, -0.05) is 17.7 Å². The van der Waals surface area contributed by atoms with Gasteiger partial charge in [0.05, 0.1) is 22.9 Å². The smallest absolute Gasteiger partial charge is 0.125 e. The van der Waals surface area contributed by atoms with E-state index in [4.69, 9.17) is 11.6 Å². The highest BCUT2D eigenvalue weighted by atomic mass is 35.5. The van der Waals surface area contributed by atoms with Crippen molar-refractivity contribution in [1.29, 1.82) is 0 Å². The van der Waals surface area contributed by atoms with Crippen molar-refractivity contribution in [3.8, 4) is 5.69 Å². The van der Waals surface area contributed by atoms with Crippen molar-refractivity contribution in [3.63, 3.8) is 0 Å². The number of aromatic nitrogens is 4. The molecule has 0 spiro atoms. The SMILES string of the molecule is Cc1nccc(CNc2cccc(Cl)c2-n2cccn2)n1.